The number of benzene rings is 1. The van der Waals surface area contributed by atoms with E-state index < -0.39 is 0 Å². The standard InChI is InChI=1S/C19H26N4O2/c1-5-25-17-11-14(2)8-9-15(17)12-22-19(20-3)23-13-16-7-6-10-21-18(16)24-4/h6-11H,5,12-13H2,1-4H3,(H2,20,22,23). The lowest BCUT2D eigenvalue weighted by Crippen LogP contribution is -2.36. The Morgan fingerprint density at radius 2 is 1.92 bits per heavy atom. The van der Waals surface area contributed by atoms with Gasteiger partial charge in [-0.2, -0.15) is 0 Å². The summed E-state index contributed by atoms with van der Waals surface area (Å²) in [6.45, 7) is 5.88. The summed E-state index contributed by atoms with van der Waals surface area (Å²) in [5, 5.41) is 6.58. The average molecular weight is 342 g/mol. The number of nitrogens with one attached hydrogen (secondary N) is 2. The summed E-state index contributed by atoms with van der Waals surface area (Å²) < 4.78 is 11.0. The van der Waals surface area contributed by atoms with Crippen molar-refractivity contribution in [3.05, 3.63) is 53.2 Å². The van der Waals surface area contributed by atoms with Crippen molar-refractivity contribution >= 4 is 5.96 Å². The van der Waals surface area contributed by atoms with Crippen LogP contribution in [0.5, 0.6) is 11.6 Å². The van der Waals surface area contributed by atoms with Crippen LogP contribution in [0.15, 0.2) is 41.5 Å². The van der Waals surface area contributed by atoms with E-state index in [1.165, 1.54) is 5.56 Å². The molecule has 2 rings (SSSR count). The molecule has 0 atom stereocenters. The predicted octanol–water partition coefficient (Wildman–Crippen LogP) is 2.66. The van der Waals surface area contributed by atoms with Gasteiger partial charge < -0.3 is 20.1 Å². The van der Waals surface area contributed by atoms with Crippen molar-refractivity contribution in [2.45, 2.75) is 26.9 Å². The maximum Gasteiger partial charge on any atom is 0.218 e. The third-order valence-corrected chi connectivity index (χ3v) is 3.68. The zero-order valence-corrected chi connectivity index (χ0v) is 15.3. The number of pyridine rings is 1. The van der Waals surface area contributed by atoms with Crippen LogP contribution in [0.25, 0.3) is 0 Å². The maximum absolute atomic E-state index is 5.72. The molecule has 0 aliphatic heterocycles. The Bertz CT molecular complexity index is 716. The van der Waals surface area contributed by atoms with E-state index in [4.69, 9.17) is 9.47 Å². The fourth-order valence-corrected chi connectivity index (χ4v) is 2.42. The van der Waals surface area contributed by atoms with Gasteiger partial charge in [-0.05, 0) is 31.5 Å². The first-order valence-electron chi connectivity index (χ1n) is 8.32. The molecule has 6 heteroatoms. The highest BCUT2D eigenvalue weighted by atomic mass is 16.5. The van der Waals surface area contributed by atoms with Gasteiger partial charge in [0, 0.05) is 37.5 Å². The van der Waals surface area contributed by atoms with Crippen LogP contribution in [0.1, 0.15) is 23.6 Å². The van der Waals surface area contributed by atoms with Gasteiger partial charge in [-0.15, -0.1) is 0 Å². The van der Waals surface area contributed by atoms with Gasteiger partial charge in [0.25, 0.3) is 0 Å². The van der Waals surface area contributed by atoms with E-state index in [1.54, 1.807) is 20.4 Å². The number of hydrogen-bond acceptors (Lipinski definition) is 4. The molecule has 0 radical (unpaired) electrons. The Hall–Kier alpha value is -2.76. The molecule has 2 N–H and O–H groups in total. The van der Waals surface area contributed by atoms with Crippen molar-refractivity contribution in [2.75, 3.05) is 20.8 Å². The van der Waals surface area contributed by atoms with E-state index in [9.17, 15) is 0 Å². The Morgan fingerprint density at radius 3 is 2.60 bits per heavy atom. The molecule has 0 spiro atoms. The number of aromatic nitrogens is 1. The van der Waals surface area contributed by atoms with Gasteiger partial charge in [0.2, 0.25) is 5.88 Å². The number of aliphatic imine (C=N–C) groups is 1. The summed E-state index contributed by atoms with van der Waals surface area (Å²) >= 11 is 0. The molecular formula is C19H26N4O2. The van der Waals surface area contributed by atoms with Gasteiger partial charge in [0.05, 0.1) is 13.7 Å². The van der Waals surface area contributed by atoms with Gasteiger partial charge in [-0.3, -0.25) is 4.99 Å². The van der Waals surface area contributed by atoms with E-state index in [0.717, 1.165) is 16.9 Å². The largest absolute Gasteiger partial charge is 0.494 e. The highest BCUT2D eigenvalue weighted by molar-refractivity contribution is 5.79. The molecule has 0 unspecified atom stereocenters. The summed E-state index contributed by atoms with van der Waals surface area (Å²) in [6.07, 6.45) is 1.71. The topological polar surface area (TPSA) is 67.8 Å². The molecule has 0 saturated carbocycles. The zero-order chi connectivity index (χ0) is 18.1. The van der Waals surface area contributed by atoms with E-state index in [1.807, 2.05) is 19.1 Å². The molecule has 134 valence electrons. The molecule has 0 amide bonds. The van der Waals surface area contributed by atoms with Gasteiger partial charge in [-0.1, -0.05) is 18.2 Å². The lowest BCUT2D eigenvalue weighted by molar-refractivity contribution is 0.336. The second kappa shape index (κ2) is 9.52. The van der Waals surface area contributed by atoms with Gasteiger partial charge >= 0.3 is 0 Å². The number of methoxy groups -OCH3 is 1. The van der Waals surface area contributed by atoms with Crippen LogP contribution >= 0.6 is 0 Å². The molecule has 0 bridgehead atoms. The highest BCUT2D eigenvalue weighted by Gasteiger charge is 2.07. The monoisotopic (exact) mass is 342 g/mol. The number of ether oxygens (including phenoxy) is 2. The van der Waals surface area contributed by atoms with Crippen LogP contribution in [-0.4, -0.2) is 31.7 Å². The Kier molecular flexibility index (Phi) is 7.07. The smallest absolute Gasteiger partial charge is 0.218 e. The molecule has 1 aromatic carbocycles. The van der Waals surface area contributed by atoms with Gasteiger partial charge in [-0.25, -0.2) is 4.98 Å². The molecular weight excluding hydrogens is 316 g/mol. The second-order valence-corrected chi connectivity index (χ2v) is 5.50. The van der Waals surface area contributed by atoms with Crippen LogP contribution in [-0.2, 0) is 13.1 Å². The first-order chi connectivity index (χ1) is 12.2. The molecule has 25 heavy (non-hydrogen) atoms. The predicted molar refractivity (Wildman–Crippen MR) is 100 cm³/mol. The van der Waals surface area contributed by atoms with Crippen molar-refractivity contribution in [1.29, 1.82) is 0 Å². The van der Waals surface area contributed by atoms with E-state index >= 15 is 0 Å². The SMILES string of the molecule is CCOc1cc(C)ccc1CNC(=NC)NCc1cccnc1OC. The fourth-order valence-electron chi connectivity index (χ4n) is 2.42. The minimum Gasteiger partial charge on any atom is -0.494 e. The van der Waals surface area contributed by atoms with Crippen molar-refractivity contribution in [1.82, 2.24) is 15.6 Å². The number of nitrogens with zero attached hydrogens (tertiary/aromatic N) is 2. The summed E-state index contributed by atoms with van der Waals surface area (Å²) in [6, 6.07) is 10.1. The molecule has 0 aliphatic rings. The van der Waals surface area contributed by atoms with E-state index in [2.05, 4.69) is 45.7 Å². The Balaban J connectivity index is 1.97. The molecule has 1 aromatic heterocycles. The quantitative estimate of drug-likeness (QED) is 0.598. The minimum atomic E-state index is 0.572. The third-order valence-electron chi connectivity index (χ3n) is 3.68. The van der Waals surface area contributed by atoms with Crippen LogP contribution in [0.3, 0.4) is 0 Å². The van der Waals surface area contributed by atoms with Crippen molar-refractivity contribution in [3.8, 4) is 11.6 Å². The average Bonchev–Trinajstić information content (AvgIpc) is 2.63. The van der Waals surface area contributed by atoms with Crippen molar-refractivity contribution in [2.24, 2.45) is 4.99 Å². The molecule has 6 nitrogen and oxygen atoms in total. The lowest BCUT2D eigenvalue weighted by atomic mass is 10.1. The highest BCUT2D eigenvalue weighted by Crippen LogP contribution is 2.20. The molecule has 0 saturated heterocycles. The van der Waals surface area contributed by atoms with E-state index in [0.29, 0.717) is 31.5 Å². The Morgan fingerprint density at radius 1 is 1.16 bits per heavy atom. The summed E-state index contributed by atoms with van der Waals surface area (Å²) in [5.41, 5.74) is 3.24. The normalized spacial score (nSPS) is 11.1. The molecule has 0 aliphatic carbocycles. The number of rotatable bonds is 7. The van der Waals surface area contributed by atoms with Crippen molar-refractivity contribution < 1.29 is 9.47 Å². The lowest BCUT2D eigenvalue weighted by Gasteiger charge is -2.15. The van der Waals surface area contributed by atoms with E-state index in [-0.39, 0.29) is 0 Å². The first kappa shape index (κ1) is 18.6. The van der Waals surface area contributed by atoms with Gasteiger partial charge in [0.1, 0.15) is 5.75 Å². The molecule has 0 fully saturated rings. The second-order valence-electron chi connectivity index (χ2n) is 5.50. The summed E-state index contributed by atoms with van der Waals surface area (Å²) in [5.74, 6) is 2.22. The third kappa shape index (κ3) is 5.38. The summed E-state index contributed by atoms with van der Waals surface area (Å²) in [7, 11) is 3.36. The number of hydrogen-bond donors (Lipinski definition) is 2. The van der Waals surface area contributed by atoms with Crippen LogP contribution in [0.2, 0.25) is 0 Å². The number of guanidine groups is 1. The minimum absolute atomic E-state index is 0.572. The molecule has 1 heterocycles. The first-order valence-corrected chi connectivity index (χ1v) is 8.32. The zero-order valence-electron chi connectivity index (χ0n) is 15.3. The molecule has 2 aromatic rings. The van der Waals surface area contributed by atoms with Gasteiger partial charge in [0.15, 0.2) is 5.96 Å². The van der Waals surface area contributed by atoms with Crippen LogP contribution in [0.4, 0.5) is 0 Å². The Labute approximate surface area is 149 Å². The van der Waals surface area contributed by atoms with Crippen molar-refractivity contribution in [3.63, 3.8) is 0 Å². The number of aryl methyl sites for hydroxylation is 1. The van der Waals surface area contributed by atoms with Crippen LogP contribution in [0, 0.1) is 6.92 Å². The fraction of sp³-hybridized carbons (Fsp3) is 0.368. The maximum atomic E-state index is 5.72. The van der Waals surface area contributed by atoms with Crippen LogP contribution < -0.4 is 20.1 Å². The summed E-state index contributed by atoms with van der Waals surface area (Å²) in [4.78, 5) is 8.46.